The number of carbonyl (C=O) groups is 1. The lowest BCUT2D eigenvalue weighted by Gasteiger charge is -2.09. The molecular formula is C18H16ClN3O3S. The first kappa shape index (κ1) is 18.3. The summed E-state index contributed by atoms with van der Waals surface area (Å²) in [6.45, 7) is 1.84. The molecule has 0 saturated heterocycles. The summed E-state index contributed by atoms with van der Waals surface area (Å²) < 4.78 is 6.19. The number of nitrogens with zero attached hydrogens (tertiary/aromatic N) is 2. The second-order valence-corrected chi connectivity index (χ2v) is 6.96. The average molecular weight is 390 g/mol. The molecule has 3 aromatic rings. The van der Waals surface area contributed by atoms with E-state index in [0.29, 0.717) is 21.5 Å². The van der Waals surface area contributed by atoms with Crippen molar-refractivity contribution in [2.45, 2.75) is 18.4 Å². The van der Waals surface area contributed by atoms with Gasteiger partial charge in [0, 0.05) is 35.0 Å². The largest absolute Gasteiger partial charge is 0.538 e. The maximum atomic E-state index is 12.2. The van der Waals surface area contributed by atoms with Crippen LogP contribution in [0.5, 0.6) is 5.95 Å². The molecule has 0 saturated carbocycles. The molecule has 1 amide bonds. The standard InChI is InChI=1S/C18H16ClN3O3S/c1-12-14(19)8-5-9-15(12)20-16(23)10-11-26-17-18(24)25-21-22(17)13-6-3-2-4-7-13/h2-9H,10-11H2,1H3,(H-,20,21,23,24). The molecule has 0 unspecified atom stereocenters. The zero-order valence-electron chi connectivity index (χ0n) is 13.9. The SMILES string of the molecule is Cc1c(Cl)cccc1NC(=O)CCSc1c([O-])on[n+]1-c1ccccc1. The number of nitrogens with one attached hydrogen (secondary N) is 1. The molecule has 1 aromatic heterocycles. The fourth-order valence-electron chi connectivity index (χ4n) is 2.29. The van der Waals surface area contributed by atoms with Gasteiger partial charge in [0.25, 0.3) is 5.03 Å². The number of rotatable bonds is 6. The number of hydrogen-bond donors (Lipinski definition) is 1. The number of aromatic nitrogens is 2. The molecule has 2 aromatic carbocycles. The predicted molar refractivity (Wildman–Crippen MR) is 97.6 cm³/mol. The van der Waals surface area contributed by atoms with Gasteiger partial charge in [-0.25, -0.2) is 0 Å². The second kappa shape index (κ2) is 8.25. The molecule has 0 aliphatic carbocycles. The average Bonchev–Trinajstić information content (AvgIpc) is 3.01. The van der Waals surface area contributed by atoms with Crippen molar-refractivity contribution in [1.29, 1.82) is 0 Å². The van der Waals surface area contributed by atoms with E-state index in [4.69, 9.17) is 16.1 Å². The molecule has 134 valence electrons. The van der Waals surface area contributed by atoms with Crippen LogP contribution >= 0.6 is 23.4 Å². The molecule has 0 aliphatic heterocycles. The van der Waals surface area contributed by atoms with Gasteiger partial charge < -0.3 is 14.9 Å². The van der Waals surface area contributed by atoms with Crippen LogP contribution < -0.4 is 15.1 Å². The van der Waals surface area contributed by atoms with E-state index in [-0.39, 0.29) is 12.3 Å². The van der Waals surface area contributed by atoms with Crippen molar-refractivity contribution in [1.82, 2.24) is 5.27 Å². The first-order valence-corrected chi connectivity index (χ1v) is 9.25. The summed E-state index contributed by atoms with van der Waals surface area (Å²) in [7, 11) is 0. The Kier molecular flexibility index (Phi) is 5.80. The Morgan fingerprint density at radius 2 is 2.04 bits per heavy atom. The van der Waals surface area contributed by atoms with Gasteiger partial charge in [-0.15, -0.1) is 0 Å². The van der Waals surface area contributed by atoms with Crippen LogP contribution in [0.15, 0.2) is 58.1 Å². The van der Waals surface area contributed by atoms with Crippen molar-refractivity contribution >= 4 is 35.0 Å². The zero-order chi connectivity index (χ0) is 18.5. The van der Waals surface area contributed by atoms with E-state index in [0.717, 1.165) is 11.3 Å². The monoisotopic (exact) mass is 389 g/mol. The number of hydrogen-bond acceptors (Lipinski definition) is 5. The van der Waals surface area contributed by atoms with Crippen LogP contribution in [0.2, 0.25) is 5.02 Å². The van der Waals surface area contributed by atoms with Gasteiger partial charge in [0.15, 0.2) is 5.95 Å². The molecule has 0 atom stereocenters. The molecule has 0 spiro atoms. The molecule has 26 heavy (non-hydrogen) atoms. The molecule has 8 heteroatoms. The lowest BCUT2D eigenvalue weighted by atomic mass is 10.2. The molecule has 1 N–H and O–H groups in total. The highest BCUT2D eigenvalue weighted by Gasteiger charge is 2.21. The van der Waals surface area contributed by atoms with Crippen LogP contribution in [0.4, 0.5) is 5.69 Å². The third kappa shape index (κ3) is 4.17. The van der Waals surface area contributed by atoms with Gasteiger partial charge in [0.05, 0.1) is 5.27 Å². The Bertz CT molecular complexity index is 915. The summed E-state index contributed by atoms with van der Waals surface area (Å²) in [6.07, 6.45) is 0.232. The van der Waals surface area contributed by atoms with E-state index in [2.05, 4.69) is 10.6 Å². The Morgan fingerprint density at radius 3 is 2.81 bits per heavy atom. The van der Waals surface area contributed by atoms with E-state index in [9.17, 15) is 9.90 Å². The second-order valence-electron chi connectivity index (χ2n) is 5.47. The maximum absolute atomic E-state index is 12.2. The van der Waals surface area contributed by atoms with Crippen molar-refractivity contribution in [3.05, 3.63) is 59.1 Å². The molecule has 1 heterocycles. The van der Waals surface area contributed by atoms with Crippen LogP contribution in [0.25, 0.3) is 5.69 Å². The molecule has 0 bridgehead atoms. The minimum Gasteiger partial charge on any atom is -0.538 e. The highest BCUT2D eigenvalue weighted by atomic mass is 35.5. The van der Waals surface area contributed by atoms with Gasteiger partial charge in [0.2, 0.25) is 11.6 Å². The maximum Gasteiger partial charge on any atom is 0.297 e. The minimum absolute atomic E-state index is 0.155. The Morgan fingerprint density at radius 1 is 1.27 bits per heavy atom. The molecule has 3 rings (SSSR count). The summed E-state index contributed by atoms with van der Waals surface area (Å²) >= 11 is 7.28. The van der Waals surface area contributed by atoms with E-state index < -0.39 is 5.95 Å². The fraction of sp³-hybridized carbons (Fsp3) is 0.167. The molecular weight excluding hydrogens is 374 g/mol. The summed E-state index contributed by atoms with van der Waals surface area (Å²) in [5, 5.41) is 19.4. The van der Waals surface area contributed by atoms with Gasteiger partial charge in [-0.1, -0.05) is 47.6 Å². The van der Waals surface area contributed by atoms with E-state index >= 15 is 0 Å². The van der Waals surface area contributed by atoms with Gasteiger partial charge in [-0.3, -0.25) is 4.79 Å². The van der Waals surface area contributed by atoms with Crippen molar-refractivity contribution in [2.75, 3.05) is 11.1 Å². The third-order valence-electron chi connectivity index (χ3n) is 3.68. The quantitative estimate of drug-likeness (QED) is 0.517. The Balaban J connectivity index is 1.61. The summed E-state index contributed by atoms with van der Waals surface area (Å²) in [6, 6.07) is 14.5. The topological polar surface area (TPSA) is 82.1 Å². The lowest BCUT2D eigenvalue weighted by molar-refractivity contribution is -0.705. The van der Waals surface area contributed by atoms with Gasteiger partial charge in [0.1, 0.15) is 0 Å². The third-order valence-corrected chi connectivity index (χ3v) is 5.11. The number of amides is 1. The van der Waals surface area contributed by atoms with Crippen LogP contribution in [-0.2, 0) is 4.79 Å². The number of benzene rings is 2. The molecule has 6 nitrogen and oxygen atoms in total. The van der Waals surface area contributed by atoms with Crippen LogP contribution in [-0.4, -0.2) is 16.9 Å². The Labute approximate surface area is 159 Å². The first-order chi connectivity index (χ1) is 12.6. The summed E-state index contributed by atoms with van der Waals surface area (Å²) in [4.78, 5) is 12.2. The van der Waals surface area contributed by atoms with Gasteiger partial charge >= 0.3 is 0 Å². The summed E-state index contributed by atoms with van der Waals surface area (Å²) in [5.41, 5.74) is 2.22. The van der Waals surface area contributed by atoms with Crippen LogP contribution in [0, 0.1) is 6.92 Å². The summed E-state index contributed by atoms with van der Waals surface area (Å²) in [5.74, 6) is -0.266. The lowest BCUT2D eigenvalue weighted by Crippen LogP contribution is -2.34. The highest BCUT2D eigenvalue weighted by molar-refractivity contribution is 7.99. The molecule has 0 fully saturated rings. The molecule has 0 aliphatic rings. The number of anilines is 1. The molecule has 0 radical (unpaired) electrons. The fourth-order valence-corrected chi connectivity index (χ4v) is 3.36. The zero-order valence-corrected chi connectivity index (χ0v) is 15.5. The van der Waals surface area contributed by atoms with E-state index in [1.54, 1.807) is 18.2 Å². The predicted octanol–water partition coefficient (Wildman–Crippen LogP) is 3.11. The van der Waals surface area contributed by atoms with Crippen LogP contribution in [0.3, 0.4) is 0 Å². The van der Waals surface area contributed by atoms with E-state index in [1.807, 2.05) is 37.3 Å². The van der Waals surface area contributed by atoms with Crippen LogP contribution in [0.1, 0.15) is 12.0 Å². The minimum atomic E-state index is -0.523. The number of halogens is 1. The smallest absolute Gasteiger partial charge is 0.297 e. The number of para-hydroxylation sites is 1. The number of carbonyl (C=O) groups excluding carboxylic acids is 1. The van der Waals surface area contributed by atoms with Crippen molar-refractivity contribution < 1.29 is 19.1 Å². The van der Waals surface area contributed by atoms with Gasteiger partial charge in [-0.2, -0.15) is 0 Å². The first-order valence-electron chi connectivity index (χ1n) is 7.88. The van der Waals surface area contributed by atoms with Gasteiger partial charge in [-0.05, 0) is 29.3 Å². The van der Waals surface area contributed by atoms with Crippen molar-refractivity contribution in [2.24, 2.45) is 0 Å². The van der Waals surface area contributed by atoms with Crippen molar-refractivity contribution in [3.63, 3.8) is 0 Å². The van der Waals surface area contributed by atoms with Crippen molar-refractivity contribution in [3.8, 4) is 11.6 Å². The normalized spacial score (nSPS) is 10.7. The Hall–Kier alpha value is -2.51. The number of thioether (sulfide) groups is 1. The highest BCUT2D eigenvalue weighted by Crippen LogP contribution is 2.25. The van der Waals surface area contributed by atoms with E-state index in [1.165, 1.54) is 16.4 Å².